The average Bonchev–Trinajstić information content (AvgIpc) is 2.34. The van der Waals surface area contributed by atoms with Crippen molar-refractivity contribution in [3.63, 3.8) is 0 Å². The molecule has 0 heterocycles. The molecule has 0 saturated carbocycles. The van der Waals surface area contributed by atoms with Crippen molar-refractivity contribution in [3.8, 4) is 5.75 Å². The molecule has 1 atom stereocenters. The van der Waals surface area contributed by atoms with Gasteiger partial charge in [-0.2, -0.15) is 0 Å². The molecule has 2 heteroatoms. The second kappa shape index (κ2) is 7.33. The lowest BCUT2D eigenvalue weighted by molar-refractivity contribution is 0.259. The zero-order valence-corrected chi connectivity index (χ0v) is 11.5. The van der Waals surface area contributed by atoms with Gasteiger partial charge in [0.25, 0.3) is 0 Å². The molecule has 0 aliphatic rings. The summed E-state index contributed by atoms with van der Waals surface area (Å²) in [6.07, 6.45) is 2.27. The molecule has 0 radical (unpaired) electrons. The van der Waals surface area contributed by atoms with Gasteiger partial charge in [-0.15, -0.1) is 0 Å². The molecule has 0 aliphatic heterocycles. The van der Waals surface area contributed by atoms with Crippen molar-refractivity contribution in [1.29, 1.82) is 0 Å². The molecule has 0 amide bonds. The molecule has 1 aromatic carbocycles. The first-order chi connectivity index (χ1) is 8.19. The fraction of sp³-hybridized carbons (Fsp3) is 0.600. The van der Waals surface area contributed by atoms with Gasteiger partial charge in [-0.05, 0) is 50.4 Å². The van der Waals surface area contributed by atoms with Gasteiger partial charge >= 0.3 is 0 Å². The van der Waals surface area contributed by atoms with E-state index in [9.17, 15) is 0 Å². The Morgan fingerprint density at radius 1 is 1.24 bits per heavy atom. The molecule has 0 spiro atoms. The van der Waals surface area contributed by atoms with Crippen LogP contribution in [-0.2, 0) is 0 Å². The highest BCUT2D eigenvalue weighted by molar-refractivity contribution is 5.38. The molecule has 17 heavy (non-hydrogen) atoms. The van der Waals surface area contributed by atoms with E-state index in [-0.39, 0.29) is 0 Å². The summed E-state index contributed by atoms with van der Waals surface area (Å²) < 4.78 is 5.91. The van der Waals surface area contributed by atoms with Crippen molar-refractivity contribution in [2.24, 2.45) is 0 Å². The highest BCUT2D eigenvalue weighted by atomic mass is 16.5. The minimum atomic E-state index is 0.454. The van der Waals surface area contributed by atoms with Crippen LogP contribution in [0, 0.1) is 13.8 Å². The number of rotatable bonds is 7. The molecule has 0 aliphatic carbocycles. The molecule has 0 saturated heterocycles. The maximum atomic E-state index is 5.91. The van der Waals surface area contributed by atoms with Crippen molar-refractivity contribution in [2.45, 2.75) is 46.6 Å². The molecule has 1 unspecified atom stereocenters. The number of hydrogen-bond donors (Lipinski definition) is 1. The normalized spacial score (nSPS) is 12.5. The Kier molecular flexibility index (Phi) is 6.06. The van der Waals surface area contributed by atoms with Gasteiger partial charge in [0.15, 0.2) is 0 Å². The second-order valence-electron chi connectivity index (χ2n) is 4.57. The standard InChI is InChI=1S/C15H25NO/c1-5-10-16-14(6-2)11-17-15-9-7-8-12(3)13(15)4/h7-9,14,16H,5-6,10-11H2,1-4H3. The molecule has 0 bridgehead atoms. The van der Waals surface area contributed by atoms with Crippen LogP contribution >= 0.6 is 0 Å². The van der Waals surface area contributed by atoms with Gasteiger partial charge in [-0.25, -0.2) is 0 Å². The maximum Gasteiger partial charge on any atom is 0.122 e. The van der Waals surface area contributed by atoms with Gasteiger partial charge in [0, 0.05) is 6.04 Å². The first-order valence-corrected chi connectivity index (χ1v) is 6.61. The Morgan fingerprint density at radius 3 is 2.65 bits per heavy atom. The van der Waals surface area contributed by atoms with Crippen LogP contribution in [0.1, 0.15) is 37.8 Å². The fourth-order valence-corrected chi connectivity index (χ4v) is 1.74. The molecule has 1 rings (SSSR count). The highest BCUT2D eigenvalue weighted by Gasteiger charge is 2.07. The number of nitrogens with one attached hydrogen (secondary N) is 1. The van der Waals surface area contributed by atoms with Crippen molar-refractivity contribution in [1.82, 2.24) is 5.32 Å². The molecule has 96 valence electrons. The SMILES string of the molecule is CCCNC(CC)COc1cccc(C)c1C. The summed E-state index contributed by atoms with van der Waals surface area (Å²) in [5, 5.41) is 3.50. The third-order valence-corrected chi connectivity index (χ3v) is 3.17. The topological polar surface area (TPSA) is 21.3 Å². The highest BCUT2D eigenvalue weighted by Crippen LogP contribution is 2.20. The summed E-state index contributed by atoms with van der Waals surface area (Å²) in [5.74, 6) is 1.02. The Morgan fingerprint density at radius 2 is 2.00 bits per heavy atom. The van der Waals surface area contributed by atoms with Crippen LogP contribution in [0.3, 0.4) is 0 Å². The number of ether oxygens (including phenoxy) is 1. The number of hydrogen-bond acceptors (Lipinski definition) is 2. The van der Waals surface area contributed by atoms with E-state index in [0.29, 0.717) is 6.04 Å². The van der Waals surface area contributed by atoms with Crippen LogP contribution in [0.4, 0.5) is 0 Å². The number of aryl methyl sites for hydroxylation is 1. The van der Waals surface area contributed by atoms with Gasteiger partial charge in [-0.1, -0.05) is 26.0 Å². The van der Waals surface area contributed by atoms with E-state index in [4.69, 9.17) is 4.74 Å². The zero-order chi connectivity index (χ0) is 12.7. The smallest absolute Gasteiger partial charge is 0.122 e. The van der Waals surface area contributed by atoms with Crippen LogP contribution in [0.25, 0.3) is 0 Å². The summed E-state index contributed by atoms with van der Waals surface area (Å²) in [5.41, 5.74) is 2.54. The third-order valence-electron chi connectivity index (χ3n) is 3.17. The van der Waals surface area contributed by atoms with Gasteiger partial charge < -0.3 is 10.1 Å². The molecular formula is C15H25NO. The zero-order valence-electron chi connectivity index (χ0n) is 11.5. The Balaban J connectivity index is 2.50. The van der Waals surface area contributed by atoms with E-state index in [2.05, 4.69) is 51.2 Å². The largest absolute Gasteiger partial charge is 0.492 e. The van der Waals surface area contributed by atoms with Gasteiger partial charge in [0.05, 0.1) is 0 Å². The van der Waals surface area contributed by atoms with Crippen LogP contribution < -0.4 is 10.1 Å². The summed E-state index contributed by atoms with van der Waals surface area (Å²) >= 11 is 0. The summed E-state index contributed by atoms with van der Waals surface area (Å²) in [6, 6.07) is 6.68. The van der Waals surface area contributed by atoms with Crippen LogP contribution in [0.2, 0.25) is 0 Å². The van der Waals surface area contributed by atoms with E-state index >= 15 is 0 Å². The number of benzene rings is 1. The Hall–Kier alpha value is -1.02. The Labute approximate surface area is 105 Å². The Bertz CT molecular complexity index is 336. The first kappa shape index (κ1) is 14.0. The quantitative estimate of drug-likeness (QED) is 0.781. The van der Waals surface area contributed by atoms with E-state index in [1.807, 2.05) is 0 Å². The molecular weight excluding hydrogens is 210 g/mol. The lowest BCUT2D eigenvalue weighted by Crippen LogP contribution is -2.34. The lowest BCUT2D eigenvalue weighted by atomic mass is 10.1. The predicted molar refractivity (Wildman–Crippen MR) is 73.8 cm³/mol. The van der Waals surface area contributed by atoms with Gasteiger partial charge in [0.2, 0.25) is 0 Å². The molecule has 2 nitrogen and oxygen atoms in total. The van der Waals surface area contributed by atoms with Crippen molar-refractivity contribution in [2.75, 3.05) is 13.2 Å². The molecule has 0 aromatic heterocycles. The van der Waals surface area contributed by atoms with E-state index in [0.717, 1.165) is 25.3 Å². The van der Waals surface area contributed by atoms with Gasteiger partial charge in [0.1, 0.15) is 12.4 Å². The van der Waals surface area contributed by atoms with E-state index in [1.54, 1.807) is 0 Å². The van der Waals surface area contributed by atoms with Crippen molar-refractivity contribution >= 4 is 0 Å². The third kappa shape index (κ3) is 4.39. The molecule has 1 aromatic rings. The van der Waals surface area contributed by atoms with Crippen molar-refractivity contribution < 1.29 is 4.74 Å². The van der Waals surface area contributed by atoms with Gasteiger partial charge in [-0.3, -0.25) is 0 Å². The van der Waals surface area contributed by atoms with E-state index < -0.39 is 0 Å². The monoisotopic (exact) mass is 235 g/mol. The van der Waals surface area contributed by atoms with Crippen LogP contribution in [-0.4, -0.2) is 19.2 Å². The summed E-state index contributed by atoms with van der Waals surface area (Å²) in [6.45, 7) is 10.4. The average molecular weight is 235 g/mol. The van der Waals surface area contributed by atoms with Crippen LogP contribution in [0.5, 0.6) is 5.75 Å². The van der Waals surface area contributed by atoms with Crippen LogP contribution in [0.15, 0.2) is 18.2 Å². The second-order valence-corrected chi connectivity index (χ2v) is 4.57. The minimum Gasteiger partial charge on any atom is -0.492 e. The summed E-state index contributed by atoms with van der Waals surface area (Å²) in [4.78, 5) is 0. The molecule has 1 N–H and O–H groups in total. The maximum absolute atomic E-state index is 5.91. The summed E-state index contributed by atoms with van der Waals surface area (Å²) in [7, 11) is 0. The molecule has 0 fully saturated rings. The fourth-order valence-electron chi connectivity index (χ4n) is 1.74. The first-order valence-electron chi connectivity index (χ1n) is 6.61. The van der Waals surface area contributed by atoms with Crippen molar-refractivity contribution in [3.05, 3.63) is 29.3 Å². The van der Waals surface area contributed by atoms with E-state index in [1.165, 1.54) is 17.5 Å². The lowest BCUT2D eigenvalue weighted by Gasteiger charge is -2.18. The predicted octanol–water partition coefficient (Wildman–Crippen LogP) is 3.46. The minimum absolute atomic E-state index is 0.454.